The largest absolute Gasteiger partial charge is 0.480 e. The molecule has 4 bridgehead atoms. The number of carboxylic acids is 1. The Labute approximate surface area is 221 Å². The maximum absolute atomic E-state index is 13.6. The molecule has 1 aromatic carbocycles. The topological polar surface area (TPSA) is 121 Å². The lowest BCUT2D eigenvalue weighted by Crippen LogP contribution is -2.62. The van der Waals surface area contributed by atoms with Crippen LogP contribution in [-0.4, -0.2) is 57.3 Å². The molecule has 0 unspecified atom stereocenters. The summed E-state index contributed by atoms with van der Waals surface area (Å²) in [5, 5.41) is 16.2. The van der Waals surface area contributed by atoms with E-state index in [2.05, 4.69) is 15.6 Å². The number of hydrogen-bond acceptors (Lipinski definition) is 5. The fraction of sp³-hybridized carbons (Fsp3) is 0.607. The second-order valence-corrected chi connectivity index (χ2v) is 12.6. The highest BCUT2D eigenvalue weighted by atomic mass is 32.2. The highest BCUT2D eigenvalue weighted by Crippen LogP contribution is 2.57. The van der Waals surface area contributed by atoms with Gasteiger partial charge in [-0.1, -0.05) is 18.2 Å². The molecule has 9 heteroatoms. The lowest BCUT2D eigenvalue weighted by molar-refractivity contribution is -0.143. The van der Waals surface area contributed by atoms with E-state index in [0.29, 0.717) is 29.9 Å². The van der Waals surface area contributed by atoms with Crippen LogP contribution in [0.3, 0.4) is 0 Å². The number of fused-ring (bicyclic) bond motifs is 1. The minimum Gasteiger partial charge on any atom is -0.480 e. The van der Waals surface area contributed by atoms with Gasteiger partial charge in [-0.15, -0.1) is 0 Å². The van der Waals surface area contributed by atoms with E-state index in [1.54, 1.807) is 6.92 Å². The van der Waals surface area contributed by atoms with Gasteiger partial charge in [-0.25, -0.2) is 9.59 Å². The first-order chi connectivity index (χ1) is 17.7. The molecule has 4 N–H and O–H groups in total. The van der Waals surface area contributed by atoms with Gasteiger partial charge in [0.2, 0.25) is 5.91 Å². The summed E-state index contributed by atoms with van der Waals surface area (Å²) in [6.45, 7) is 1.65. The van der Waals surface area contributed by atoms with Crippen LogP contribution in [-0.2, 0) is 20.7 Å². The summed E-state index contributed by atoms with van der Waals surface area (Å²) in [5.41, 5.74) is -0.0600. The molecule has 0 spiro atoms. The van der Waals surface area contributed by atoms with Gasteiger partial charge in [0, 0.05) is 23.5 Å². The predicted molar refractivity (Wildman–Crippen MR) is 143 cm³/mol. The van der Waals surface area contributed by atoms with Crippen molar-refractivity contribution in [2.45, 2.75) is 75.5 Å². The van der Waals surface area contributed by atoms with Crippen molar-refractivity contribution in [2.75, 3.05) is 12.0 Å². The number of carboxylic acid groups (broad SMARTS) is 1. The molecular formula is C28H37N3O5S. The van der Waals surface area contributed by atoms with Crippen LogP contribution in [0.4, 0.5) is 4.79 Å². The van der Waals surface area contributed by atoms with Gasteiger partial charge >= 0.3 is 12.1 Å². The molecule has 1 heterocycles. The second-order valence-electron chi connectivity index (χ2n) is 11.6. The van der Waals surface area contributed by atoms with Crippen LogP contribution < -0.4 is 10.6 Å². The number of carbonyl (C=O) groups is 3. The number of nitrogens with one attached hydrogen (secondary N) is 3. The lowest BCUT2D eigenvalue weighted by atomic mass is 9.54. The molecule has 6 rings (SSSR count). The SMILES string of the molecule is CSCC[C@H](NC(=O)[C@@](C)(Cc1c[nH]c2ccccc12)NC(=O)OC12CC3CC(CC(C3)C1)C2)C(=O)O. The maximum atomic E-state index is 13.6. The van der Waals surface area contributed by atoms with E-state index in [0.717, 1.165) is 35.7 Å². The van der Waals surface area contributed by atoms with Crippen molar-refractivity contribution >= 4 is 40.6 Å². The average molecular weight is 528 g/mol. The second kappa shape index (κ2) is 10.2. The molecule has 0 aliphatic heterocycles. The van der Waals surface area contributed by atoms with Gasteiger partial charge in [-0.3, -0.25) is 4.79 Å². The highest BCUT2D eigenvalue weighted by Gasteiger charge is 2.53. The number of thioether (sulfide) groups is 1. The number of aromatic nitrogens is 1. The van der Waals surface area contributed by atoms with Crippen LogP contribution >= 0.6 is 11.8 Å². The third-order valence-corrected chi connectivity index (χ3v) is 9.25. The summed E-state index contributed by atoms with van der Waals surface area (Å²) in [5.74, 6) is 0.827. The minimum atomic E-state index is -1.41. The molecule has 0 saturated heterocycles. The van der Waals surface area contributed by atoms with Gasteiger partial charge in [0.25, 0.3) is 0 Å². The van der Waals surface area contributed by atoms with E-state index < -0.39 is 35.2 Å². The quantitative estimate of drug-likeness (QED) is 0.361. The maximum Gasteiger partial charge on any atom is 0.408 e. The fourth-order valence-corrected chi connectivity index (χ4v) is 7.73. The molecule has 2 aromatic rings. The molecule has 0 radical (unpaired) electrons. The first kappa shape index (κ1) is 25.9. The molecule has 37 heavy (non-hydrogen) atoms. The van der Waals surface area contributed by atoms with Gasteiger partial charge in [0.15, 0.2) is 0 Å². The van der Waals surface area contributed by atoms with Gasteiger partial charge < -0.3 is 25.5 Å². The fourth-order valence-electron chi connectivity index (χ4n) is 7.25. The van der Waals surface area contributed by atoms with Gasteiger partial charge in [-0.2, -0.15) is 11.8 Å². The Bertz CT molecular complexity index is 1140. The number of ether oxygens (including phenoxy) is 1. The zero-order valence-corrected chi connectivity index (χ0v) is 22.4. The van der Waals surface area contributed by atoms with Gasteiger partial charge in [0.1, 0.15) is 17.2 Å². The molecule has 2 amide bonds. The van der Waals surface area contributed by atoms with Crippen molar-refractivity contribution in [3.63, 3.8) is 0 Å². The number of benzene rings is 1. The Hall–Kier alpha value is -2.68. The normalized spacial score (nSPS) is 28.4. The van der Waals surface area contributed by atoms with Gasteiger partial charge in [-0.05, 0) is 93.3 Å². The Balaban J connectivity index is 1.37. The summed E-state index contributed by atoms with van der Waals surface area (Å²) < 4.78 is 6.16. The molecule has 8 nitrogen and oxygen atoms in total. The van der Waals surface area contributed by atoms with E-state index in [9.17, 15) is 19.5 Å². The molecule has 200 valence electrons. The first-order valence-electron chi connectivity index (χ1n) is 13.3. The summed E-state index contributed by atoms with van der Waals surface area (Å²) >= 11 is 1.52. The number of amides is 2. The van der Waals surface area contributed by atoms with E-state index in [-0.39, 0.29) is 6.42 Å². The van der Waals surface area contributed by atoms with Crippen molar-refractivity contribution in [3.8, 4) is 0 Å². The molecule has 1 aromatic heterocycles. The highest BCUT2D eigenvalue weighted by molar-refractivity contribution is 7.98. The summed E-state index contributed by atoms with van der Waals surface area (Å²) in [7, 11) is 0. The third-order valence-electron chi connectivity index (χ3n) is 8.60. The number of rotatable bonds is 10. The minimum absolute atomic E-state index is 0.188. The monoisotopic (exact) mass is 527 g/mol. The van der Waals surface area contributed by atoms with Crippen molar-refractivity contribution in [1.82, 2.24) is 15.6 Å². The molecule has 2 atom stereocenters. The number of H-pyrrole nitrogens is 1. The third kappa shape index (κ3) is 5.47. The Morgan fingerprint density at radius 2 is 1.81 bits per heavy atom. The van der Waals surface area contributed by atoms with Crippen LogP contribution in [0.15, 0.2) is 30.5 Å². The lowest BCUT2D eigenvalue weighted by Gasteiger charge is -2.55. The zero-order chi connectivity index (χ0) is 26.2. The van der Waals surface area contributed by atoms with E-state index in [1.807, 2.05) is 36.7 Å². The Morgan fingerprint density at radius 1 is 1.16 bits per heavy atom. The van der Waals surface area contributed by atoms with E-state index >= 15 is 0 Å². The van der Waals surface area contributed by atoms with Crippen LogP contribution in [0.2, 0.25) is 0 Å². The van der Waals surface area contributed by atoms with E-state index in [4.69, 9.17) is 4.74 Å². The summed E-state index contributed by atoms with van der Waals surface area (Å²) in [6, 6.07) is 6.73. The predicted octanol–water partition coefficient (Wildman–Crippen LogP) is 4.49. The van der Waals surface area contributed by atoms with Crippen molar-refractivity contribution in [2.24, 2.45) is 17.8 Å². The number of para-hydroxylation sites is 1. The van der Waals surface area contributed by atoms with Crippen molar-refractivity contribution in [3.05, 3.63) is 36.0 Å². The molecule has 4 aliphatic rings. The first-order valence-corrected chi connectivity index (χ1v) is 14.7. The smallest absolute Gasteiger partial charge is 0.408 e. The number of aliphatic carboxylic acids is 1. The van der Waals surface area contributed by atoms with Crippen LogP contribution in [0.1, 0.15) is 57.4 Å². The molecule has 4 aliphatic carbocycles. The molecular weight excluding hydrogens is 490 g/mol. The molecule has 4 fully saturated rings. The van der Waals surface area contributed by atoms with Gasteiger partial charge in [0.05, 0.1) is 0 Å². The van der Waals surface area contributed by atoms with Crippen molar-refractivity contribution < 1.29 is 24.2 Å². The molecule has 4 saturated carbocycles. The number of carbonyl (C=O) groups excluding carboxylic acids is 2. The number of hydrogen-bond donors (Lipinski definition) is 4. The number of alkyl carbamates (subject to hydrolysis) is 1. The van der Waals surface area contributed by atoms with Crippen LogP contribution in [0, 0.1) is 17.8 Å². The van der Waals surface area contributed by atoms with E-state index in [1.165, 1.54) is 31.0 Å². The Kier molecular flexibility index (Phi) is 7.18. The zero-order valence-electron chi connectivity index (χ0n) is 21.5. The summed E-state index contributed by atoms with van der Waals surface area (Å²) in [4.78, 5) is 42.1. The standard InChI is InChI=1S/C28H37N3O5S/c1-27(25(34)30-23(24(32)33)7-8-37-2,15-20-16-29-22-6-4-3-5-21(20)22)31-26(35)36-28-12-17-9-18(13-28)11-19(10-17)14-28/h3-6,16-19,23,29H,7-15H2,1-2H3,(H,30,34)(H,31,35)(H,32,33)/t17?,18?,19?,23-,27+,28?/m0/s1. The average Bonchev–Trinajstić information content (AvgIpc) is 3.22. The summed E-state index contributed by atoms with van der Waals surface area (Å²) in [6.07, 6.45) is 10.0. The van der Waals surface area contributed by atoms with Crippen LogP contribution in [0.5, 0.6) is 0 Å². The Morgan fingerprint density at radius 3 is 2.43 bits per heavy atom. The van der Waals surface area contributed by atoms with Crippen molar-refractivity contribution in [1.29, 1.82) is 0 Å². The number of aromatic amines is 1. The van der Waals surface area contributed by atoms with Crippen LogP contribution in [0.25, 0.3) is 10.9 Å².